The number of ether oxygens (including phenoxy) is 2. The Morgan fingerprint density at radius 2 is 1.62 bits per heavy atom. The fourth-order valence-electron chi connectivity index (χ4n) is 9.37. The zero-order valence-electron chi connectivity index (χ0n) is 28.8. The number of rotatable bonds is 10. The second kappa shape index (κ2) is 14.1. The first-order valence-corrected chi connectivity index (χ1v) is 19.0. The molecule has 4 saturated carbocycles. The summed E-state index contributed by atoms with van der Waals surface area (Å²) in [7, 11) is 1.94. The minimum Gasteiger partial charge on any atom is -0.392 e. The van der Waals surface area contributed by atoms with Crippen molar-refractivity contribution in [2.24, 2.45) is 30.7 Å². The van der Waals surface area contributed by atoms with E-state index in [1.807, 2.05) is 48.0 Å². The zero-order chi connectivity index (χ0) is 34.2. The number of aryl methyl sites for hydroxylation is 1. The predicted molar refractivity (Wildman–Crippen MR) is 193 cm³/mol. The molecule has 2 heterocycles. The van der Waals surface area contributed by atoms with Crippen molar-refractivity contribution < 1.29 is 19.4 Å². The maximum absolute atomic E-state index is 13.2. The van der Waals surface area contributed by atoms with Crippen LogP contribution in [-0.4, -0.2) is 43.3 Å². The van der Waals surface area contributed by atoms with Gasteiger partial charge in [0, 0.05) is 36.4 Å². The third-order valence-electron chi connectivity index (χ3n) is 11.5. The van der Waals surface area contributed by atoms with Gasteiger partial charge in [-0.05, 0) is 84.1 Å². The van der Waals surface area contributed by atoms with Crippen molar-refractivity contribution in [3.8, 4) is 11.1 Å². The number of aliphatic hydroxyl groups excluding tert-OH is 1. The maximum Gasteiger partial charge on any atom is 0.315 e. The van der Waals surface area contributed by atoms with Crippen molar-refractivity contribution in [2.45, 2.75) is 87.8 Å². The number of aromatic nitrogens is 3. The van der Waals surface area contributed by atoms with E-state index in [9.17, 15) is 9.90 Å². The molecule has 4 aromatic rings. The highest BCUT2D eigenvalue weighted by Crippen LogP contribution is 2.55. The van der Waals surface area contributed by atoms with Crippen molar-refractivity contribution in [1.29, 1.82) is 0 Å². The van der Waals surface area contributed by atoms with Gasteiger partial charge < -0.3 is 29.8 Å². The average molecular weight is 694 g/mol. The number of nitrogens with one attached hydrogen (secondary N) is 2. The highest BCUT2D eigenvalue weighted by atomic mass is 32.2. The monoisotopic (exact) mass is 693 g/mol. The standard InChI is InChI=1S/C40H47N5O4S/c1-25-35(23-50-39-44-42-24-45(39)2)48-37(49-36(25)31-9-7-26(22-46)8-10-31)32-13-11-30(12-14-32)34-6-4-3-5-33(34)21-41-38(47)43-40-18-27-15-28(19-40)17-29(16-27)20-40/h3-14,24-25,27-29,35-37,46H,15-23H2,1-2H3,(H2,41,43,47)/t25-,27?,28?,29?,35+,36+,37+,40?/m1/s1. The van der Waals surface area contributed by atoms with E-state index >= 15 is 0 Å². The van der Waals surface area contributed by atoms with Crippen molar-refractivity contribution >= 4 is 17.8 Å². The number of thioether (sulfide) groups is 1. The maximum atomic E-state index is 13.2. The number of amides is 2. The molecular weight excluding hydrogens is 647 g/mol. The number of hydrogen-bond donors (Lipinski definition) is 3. The van der Waals surface area contributed by atoms with Crippen LogP contribution in [-0.2, 0) is 29.7 Å². The number of hydrogen-bond acceptors (Lipinski definition) is 7. The molecule has 2 amide bonds. The average Bonchev–Trinajstić information content (AvgIpc) is 3.54. The molecule has 9 nitrogen and oxygen atoms in total. The van der Waals surface area contributed by atoms with Crippen molar-refractivity contribution in [2.75, 3.05) is 5.75 Å². The lowest BCUT2D eigenvalue weighted by Crippen LogP contribution is -2.61. The third-order valence-corrected chi connectivity index (χ3v) is 12.7. The Labute approximate surface area is 298 Å². The normalized spacial score (nSPS) is 29.9. The molecule has 4 aliphatic carbocycles. The predicted octanol–water partition coefficient (Wildman–Crippen LogP) is 7.33. The molecule has 3 N–H and O–H groups in total. The van der Waals surface area contributed by atoms with Gasteiger partial charge in [-0.25, -0.2) is 4.79 Å². The summed E-state index contributed by atoms with van der Waals surface area (Å²) in [5.74, 6) is 3.14. The minimum atomic E-state index is -0.557. The number of benzene rings is 3. The molecule has 3 aromatic carbocycles. The molecule has 262 valence electrons. The number of urea groups is 1. The zero-order valence-corrected chi connectivity index (χ0v) is 29.6. The molecule has 0 unspecified atom stereocenters. The Kier molecular flexibility index (Phi) is 9.46. The molecule has 0 radical (unpaired) electrons. The molecule has 9 rings (SSSR count). The van der Waals surface area contributed by atoms with Crippen LogP contribution in [0.3, 0.4) is 0 Å². The van der Waals surface area contributed by atoms with Crippen molar-refractivity contribution in [1.82, 2.24) is 25.4 Å². The van der Waals surface area contributed by atoms with Crippen LogP contribution in [0.5, 0.6) is 0 Å². The molecule has 10 heteroatoms. The van der Waals surface area contributed by atoms with E-state index in [4.69, 9.17) is 9.47 Å². The first-order valence-electron chi connectivity index (χ1n) is 18.1. The second-order valence-electron chi connectivity index (χ2n) is 15.1. The number of carbonyl (C=O) groups is 1. The van der Waals surface area contributed by atoms with Gasteiger partial charge >= 0.3 is 6.03 Å². The molecule has 4 bridgehead atoms. The molecule has 1 aliphatic heterocycles. The van der Waals surface area contributed by atoms with Gasteiger partial charge in [0.25, 0.3) is 0 Å². The van der Waals surface area contributed by atoms with Gasteiger partial charge in [-0.1, -0.05) is 91.5 Å². The largest absolute Gasteiger partial charge is 0.392 e. The summed E-state index contributed by atoms with van der Waals surface area (Å²) in [5.41, 5.74) is 6.10. The summed E-state index contributed by atoms with van der Waals surface area (Å²) >= 11 is 1.63. The smallest absolute Gasteiger partial charge is 0.315 e. The third kappa shape index (κ3) is 6.95. The van der Waals surface area contributed by atoms with E-state index in [0.717, 1.165) is 75.6 Å². The van der Waals surface area contributed by atoms with Crippen LogP contribution in [0.1, 0.15) is 80.1 Å². The highest BCUT2D eigenvalue weighted by Gasteiger charge is 2.51. The van der Waals surface area contributed by atoms with E-state index in [0.29, 0.717) is 12.3 Å². The Morgan fingerprint density at radius 3 is 2.28 bits per heavy atom. The van der Waals surface area contributed by atoms with Crippen LogP contribution in [0.25, 0.3) is 11.1 Å². The van der Waals surface area contributed by atoms with Crippen LogP contribution in [0, 0.1) is 23.7 Å². The summed E-state index contributed by atoms with van der Waals surface area (Å²) in [6, 6.07) is 24.6. The summed E-state index contributed by atoms with van der Waals surface area (Å²) in [6.45, 7) is 2.63. The Morgan fingerprint density at radius 1 is 0.940 bits per heavy atom. The quantitative estimate of drug-likeness (QED) is 0.149. The second-order valence-corrected chi connectivity index (χ2v) is 16.1. The topological polar surface area (TPSA) is 111 Å². The Hall–Kier alpha value is -3.70. The lowest BCUT2D eigenvalue weighted by Gasteiger charge is -2.56. The van der Waals surface area contributed by atoms with Crippen molar-refractivity contribution in [3.05, 3.63) is 101 Å². The first-order chi connectivity index (χ1) is 24.3. The SMILES string of the molecule is C[C@@H]1[C@H](CSc2nncn2C)O[C@H](c2ccc(-c3ccccc3CNC(=O)NC34CC5CC(CC(C5)C3)C4)cc2)O[C@@H]1c1ccc(CO)cc1. The molecule has 0 spiro atoms. The molecule has 50 heavy (non-hydrogen) atoms. The number of aliphatic hydroxyl groups is 1. The lowest BCUT2D eigenvalue weighted by molar-refractivity contribution is -0.268. The van der Waals surface area contributed by atoms with E-state index < -0.39 is 6.29 Å². The van der Waals surface area contributed by atoms with Crippen LogP contribution in [0.2, 0.25) is 0 Å². The van der Waals surface area contributed by atoms with Crippen LogP contribution in [0.15, 0.2) is 84.3 Å². The molecule has 5 fully saturated rings. The number of nitrogens with zero attached hydrogens (tertiary/aromatic N) is 3. The number of carbonyl (C=O) groups excluding carboxylic acids is 1. The fourth-order valence-corrected chi connectivity index (χ4v) is 10.4. The Balaban J connectivity index is 0.964. The van der Waals surface area contributed by atoms with Gasteiger partial charge in [0.2, 0.25) is 0 Å². The summed E-state index contributed by atoms with van der Waals surface area (Å²) in [4.78, 5) is 13.2. The highest BCUT2D eigenvalue weighted by molar-refractivity contribution is 7.99. The fraction of sp³-hybridized carbons (Fsp3) is 0.475. The van der Waals surface area contributed by atoms with E-state index in [2.05, 4.69) is 64.2 Å². The first kappa shape index (κ1) is 33.4. The van der Waals surface area contributed by atoms with Gasteiger partial charge in [0.15, 0.2) is 11.4 Å². The summed E-state index contributed by atoms with van der Waals surface area (Å²) in [5, 5.41) is 25.4. The van der Waals surface area contributed by atoms with Crippen LogP contribution >= 0.6 is 11.8 Å². The van der Waals surface area contributed by atoms with Gasteiger partial charge in [0.05, 0.1) is 18.8 Å². The van der Waals surface area contributed by atoms with E-state index in [-0.39, 0.29) is 36.3 Å². The molecule has 4 atom stereocenters. The summed E-state index contributed by atoms with van der Waals surface area (Å²) in [6.07, 6.45) is 8.35. The van der Waals surface area contributed by atoms with Crippen LogP contribution < -0.4 is 10.6 Å². The van der Waals surface area contributed by atoms with Gasteiger partial charge in [-0.2, -0.15) is 0 Å². The molecule has 1 saturated heterocycles. The van der Waals surface area contributed by atoms with E-state index in [1.165, 1.54) is 19.3 Å². The summed E-state index contributed by atoms with van der Waals surface area (Å²) < 4.78 is 15.3. The molecule has 1 aromatic heterocycles. The lowest BCUT2D eigenvalue weighted by atomic mass is 9.53. The van der Waals surface area contributed by atoms with Gasteiger partial charge in [0.1, 0.15) is 6.33 Å². The molecule has 5 aliphatic rings. The van der Waals surface area contributed by atoms with Crippen LogP contribution in [0.4, 0.5) is 4.79 Å². The minimum absolute atomic E-state index is 0.00460. The molecular formula is C40H47N5O4S. The Bertz CT molecular complexity index is 1760. The van der Waals surface area contributed by atoms with Crippen molar-refractivity contribution in [3.63, 3.8) is 0 Å². The van der Waals surface area contributed by atoms with Gasteiger partial charge in [-0.15, -0.1) is 10.2 Å². The van der Waals surface area contributed by atoms with Gasteiger partial charge in [-0.3, -0.25) is 0 Å². The van der Waals surface area contributed by atoms with E-state index in [1.54, 1.807) is 18.1 Å².